The first-order valence-electron chi connectivity index (χ1n) is 3.67. The monoisotopic (exact) mass is 179 g/mol. The molecule has 1 nitrogen and oxygen atoms in total. The van der Waals surface area contributed by atoms with Crippen LogP contribution in [0.5, 0.6) is 0 Å². The number of nitrogens with two attached hydrogens (primary N) is 1. The van der Waals surface area contributed by atoms with Gasteiger partial charge < -0.3 is 5.73 Å². The molecule has 0 amide bonds. The fourth-order valence-electron chi connectivity index (χ4n) is 0.684. The van der Waals surface area contributed by atoms with E-state index in [1.807, 2.05) is 0 Å². The zero-order chi connectivity index (χ0) is 9.61. The van der Waals surface area contributed by atoms with Crippen molar-refractivity contribution in [3.63, 3.8) is 0 Å². The van der Waals surface area contributed by atoms with Crippen LogP contribution in [0.25, 0.3) is 0 Å². The van der Waals surface area contributed by atoms with Crippen molar-refractivity contribution in [1.82, 2.24) is 0 Å². The van der Waals surface area contributed by atoms with Gasteiger partial charge in [0, 0.05) is 18.9 Å². The van der Waals surface area contributed by atoms with Gasteiger partial charge in [0.2, 0.25) is 0 Å². The van der Waals surface area contributed by atoms with E-state index in [1.165, 1.54) is 0 Å². The first kappa shape index (κ1) is 11.3. The maximum absolute atomic E-state index is 11.6. The smallest absolute Gasteiger partial charge is 0.327 e. The molecule has 70 valence electrons. The molecule has 0 aliphatic heterocycles. The second kappa shape index (κ2) is 5.04. The highest BCUT2D eigenvalue weighted by molar-refractivity contribution is 4.97. The lowest BCUT2D eigenvalue weighted by molar-refractivity contribution is -0.136. The molecule has 0 aromatic carbocycles. The van der Waals surface area contributed by atoms with Gasteiger partial charge >= 0.3 is 6.18 Å². The van der Waals surface area contributed by atoms with Gasteiger partial charge in [-0.25, -0.2) is 0 Å². The maximum atomic E-state index is 11.6. The second-order valence-corrected chi connectivity index (χ2v) is 2.54. The predicted molar refractivity (Wildman–Crippen MR) is 41.3 cm³/mol. The molecule has 0 fully saturated rings. The summed E-state index contributed by atoms with van der Waals surface area (Å²) in [4.78, 5) is 0. The van der Waals surface area contributed by atoms with E-state index in [0.717, 1.165) is 0 Å². The summed E-state index contributed by atoms with van der Waals surface area (Å²) in [7, 11) is 0. The van der Waals surface area contributed by atoms with E-state index >= 15 is 0 Å². The Labute approximate surface area is 70.1 Å². The molecular formula is C8H12F3N. The van der Waals surface area contributed by atoms with Crippen LogP contribution in [0, 0.1) is 11.8 Å². The fourth-order valence-corrected chi connectivity index (χ4v) is 0.684. The fraction of sp³-hybridized carbons (Fsp3) is 0.750. The summed E-state index contributed by atoms with van der Waals surface area (Å²) in [6, 6.07) is -0.459. The van der Waals surface area contributed by atoms with Gasteiger partial charge in [-0.1, -0.05) is 0 Å². The first-order chi connectivity index (χ1) is 5.45. The van der Waals surface area contributed by atoms with Crippen LogP contribution in [-0.4, -0.2) is 12.2 Å². The Bertz CT molecular complexity index is 175. The molecule has 0 aliphatic carbocycles. The van der Waals surface area contributed by atoms with Crippen LogP contribution in [0.2, 0.25) is 0 Å². The van der Waals surface area contributed by atoms with E-state index in [0.29, 0.717) is 6.42 Å². The summed E-state index contributed by atoms with van der Waals surface area (Å²) in [5, 5.41) is 0. The van der Waals surface area contributed by atoms with Gasteiger partial charge in [-0.05, 0) is 13.3 Å². The summed E-state index contributed by atoms with van der Waals surface area (Å²) >= 11 is 0. The SMILES string of the molecule is CC#CCC(N)CCC(F)(F)F. The summed E-state index contributed by atoms with van der Waals surface area (Å²) in [5.41, 5.74) is 5.36. The van der Waals surface area contributed by atoms with E-state index < -0.39 is 18.6 Å². The van der Waals surface area contributed by atoms with Crippen LogP contribution in [-0.2, 0) is 0 Å². The van der Waals surface area contributed by atoms with Crippen molar-refractivity contribution >= 4 is 0 Å². The highest BCUT2D eigenvalue weighted by atomic mass is 19.4. The summed E-state index contributed by atoms with van der Waals surface area (Å²) in [5.74, 6) is 5.23. The molecule has 0 radical (unpaired) electrons. The Kier molecular flexibility index (Phi) is 4.75. The summed E-state index contributed by atoms with van der Waals surface area (Å²) < 4.78 is 34.9. The first-order valence-corrected chi connectivity index (χ1v) is 3.67. The van der Waals surface area contributed by atoms with Gasteiger partial charge in [0.25, 0.3) is 0 Å². The van der Waals surface area contributed by atoms with Gasteiger partial charge in [-0.15, -0.1) is 11.8 Å². The van der Waals surface area contributed by atoms with Crippen LogP contribution < -0.4 is 5.73 Å². The van der Waals surface area contributed by atoms with Crippen molar-refractivity contribution in [3.8, 4) is 11.8 Å². The molecule has 2 N–H and O–H groups in total. The van der Waals surface area contributed by atoms with Crippen molar-refractivity contribution < 1.29 is 13.2 Å². The molecule has 4 heteroatoms. The van der Waals surface area contributed by atoms with Crippen molar-refractivity contribution in [2.45, 2.75) is 38.4 Å². The van der Waals surface area contributed by atoms with E-state index in [2.05, 4.69) is 11.8 Å². The topological polar surface area (TPSA) is 26.0 Å². The molecule has 0 saturated heterocycles. The molecule has 0 bridgehead atoms. The number of rotatable bonds is 3. The quantitative estimate of drug-likeness (QED) is 0.659. The molecule has 0 heterocycles. The van der Waals surface area contributed by atoms with Crippen LogP contribution in [0.3, 0.4) is 0 Å². The van der Waals surface area contributed by atoms with Gasteiger partial charge in [-0.3, -0.25) is 0 Å². The average molecular weight is 179 g/mol. The Balaban J connectivity index is 3.55. The zero-order valence-corrected chi connectivity index (χ0v) is 6.91. The van der Waals surface area contributed by atoms with Gasteiger partial charge in [0.05, 0.1) is 0 Å². The number of hydrogen-bond acceptors (Lipinski definition) is 1. The zero-order valence-electron chi connectivity index (χ0n) is 6.91. The molecule has 1 unspecified atom stereocenters. The molecule has 12 heavy (non-hydrogen) atoms. The molecule has 0 aliphatic rings. The molecule has 0 rings (SSSR count). The number of hydrogen-bond donors (Lipinski definition) is 1. The lowest BCUT2D eigenvalue weighted by Gasteiger charge is -2.09. The van der Waals surface area contributed by atoms with Crippen LogP contribution in [0.15, 0.2) is 0 Å². The van der Waals surface area contributed by atoms with Gasteiger partial charge in [-0.2, -0.15) is 13.2 Å². The second-order valence-electron chi connectivity index (χ2n) is 2.54. The third-order valence-electron chi connectivity index (χ3n) is 1.34. The molecule has 0 spiro atoms. The van der Waals surface area contributed by atoms with Crippen LogP contribution >= 0.6 is 0 Å². The Hall–Kier alpha value is -0.690. The maximum Gasteiger partial charge on any atom is 0.389 e. The van der Waals surface area contributed by atoms with E-state index in [4.69, 9.17) is 5.73 Å². The van der Waals surface area contributed by atoms with Crippen molar-refractivity contribution in [2.75, 3.05) is 0 Å². The number of halogens is 3. The Morgan fingerprint density at radius 2 is 2.00 bits per heavy atom. The lowest BCUT2D eigenvalue weighted by atomic mass is 10.1. The minimum Gasteiger partial charge on any atom is -0.327 e. The van der Waals surface area contributed by atoms with Gasteiger partial charge in [0.1, 0.15) is 0 Å². The van der Waals surface area contributed by atoms with Crippen molar-refractivity contribution in [3.05, 3.63) is 0 Å². The highest BCUT2D eigenvalue weighted by Gasteiger charge is 2.27. The lowest BCUT2D eigenvalue weighted by Crippen LogP contribution is -2.22. The molecule has 1 atom stereocenters. The van der Waals surface area contributed by atoms with Gasteiger partial charge in [0.15, 0.2) is 0 Å². The molecular weight excluding hydrogens is 167 g/mol. The normalized spacial score (nSPS) is 13.4. The highest BCUT2D eigenvalue weighted by Crippen LogP contribution is 2.22. The Morgan fingerprint density at radius 3 is 2.42 bits per heavy atom. The van der Waals surface area contributed by atoms with E-state index in [1.54, 1.807) is 6.92 Å². The summed E-state index contributed by atoms with van der Waals surface area (Å²) in [6.07, 6.45) is -4.62. The third-order valence-corrected chi connectivity index (χ3v) is 1.34. The Morgan fingerprint density at radius 1 is 1.42 bits per heavy atom. The van der Waals surface area contributed by atoms with Crippen molar-refractivity contribution in [1.29, 1.82) is 0 Å². The average Bonchev–Trinajstić information content (AvgIpc) is 1.95. The van der Waals surface area contributed by atoms with E-state index in [-0.39, 0.29) is 6.42 Å². The minimum atomic E-state index is -4.10. The third kappa shape index (κ3) is 7.42. The van der Waals surface area contributed by atoms with Crippen LogP contribution in [0.4, 0.5) is 13.2 Å². The minimum absolute atomic E-state index is 0.0435. The largest absolute Gasteiger partial charge is 0.389 e. The van der Waals surface area contributed by atoms with Crippen LogP contribution in [0.1, 0.15) is 26.2 Å². The molecule has 0 saturated carbocycles. The molecule has 0 aromatic rings. The summed E-state index contributed by atoms with van der Waals surface area (Å²) in [6.45, 7) is 1.64. The predicted octanol–water partition coefficient (Wildman–Crippen LogP) is 2.07. The molecule has 0 aromatic heterocycles. The van der Waals surface area contributed by atoms with E-state index in [9.17, 15) is 13.2 Å². The van der Waals surface area contributed by atoms with Crippen molar-refractivity contribution in [2.24, 2.45) is 5.73 Å². The number of alkyl halides is 3. The standard InChI is InChI=1S/C8H12F3N/c1-2-3-4-7(12)5-6-8(9,10)11/h7H,4-6,12H2,1H3.